The van der Waals surface area contributed by atoms with Crippen LogP contribution in [0.4, 0.5) is 0 Å². The maximum Gasteiger partial charge on any atom is 0.459 e. The van der Waals surface area contributed by atoms with E-state index in [-0.39, 0.29) is 17.7 Å². The van der Waals surface area contributed by atoms with Crippen LogP contribution in [0.25, 0.3) is 6.08 Å². The number of benzene rings is 1. The Kier molecular flexibility index (Phi) is 9.22. The van der Waals surface area contributed by atoms with Gasteiger partial charge < -0.3 is 19.1 Å². The number of ether oxygens (including phenoxy) is 2. The van der Waals surface area contributed by atoms with Crippen molar-refractivity contribution in [2.24, 2.45) is 0 Å². The molecular formula is C21H25BrN3O9P. The van der Waals surface area contributed by atoms with Crippen LogP contribution in [0.3, 0.4) is 0 Å². The van der Waals surface area contributed by atoms with Gasteiger partial charge in [-0.1, -0.05) is 34.1 Å². The molecule has 1 unspecified atom stereocenters. The van der Waals surface area contributed by atoms with Gasteiger partial charge in [-0.2, -0.15) is 5.09 Å². The summed E-state index contributed by atoms with van der Waals surface area (Å²) in [4.78, 5) is 39.7. The van der Waals surface area contributed by atoms with Gasteiger partial charge in [-0.25, -0.2) is 9.36 Å². The van der Waals surface area contributed by atoms with Gasteiger partial charge in [0.15, 0.2) is 0 Å². The molecule has 1 saturated heterocycles. The largest absolute Gasteiger partial charge is 0.468 e. The fourth-order valence-corrected chi connectivity index (χ4v) is 5.07. The SMILES string of the molecule is COC(=O)[C@H](C)NP(=O)(OC[C@H]1O[C@@H](n2cc(C=CBr)c(=O)[nH]c2=O)C[C@@H]1O)Oc1ccccc1. The van der Waals surface area contributed by atoms with Gasteiger partial charge in [-0.05, 0) is 30.1 Å². The zero-order chi connectivity index (χ0) is 25.6. The second-order valence-corrected chi connectivity index (χ2v) is 9.77. The van der Waals surface area contributed by atoms with E-state index in [1.165, 1.54) is 31.3 Å². The molecule has 5 atom stereocenters. The summed E-state index contributed by atoms with van der Waals surface area (Å²) in [6, 6.07) is 7.15. The van der Waals surface area contributed by atoms with E-state index >= 15 is 0 Å². The molecule has 0 aliphatic carbocycles. The lowest BCUT2D eigenvalue weighted by molar-refractivity contribution is -0.142. The van der Waals surface area contributed by atoms with Gasteiger partial charge in [0.1, 0.15) is 24.1 Å². The summed E-state index contributed by atoms with van der Waals surface area (Å²) in [6.45, 7) is 1.03. The van der Waals surface area contributed by atoms with Crippen LogP contribution in [0.2, 0.25) is 0 Å². The van der Waals surface area contributed by atoms with Crippen molar-refractivity contribution < 1.29 is 33.0 Å². The number of halogens is 1. The molecule has 0 bridgehead atoms. The number of nitrogens with zero attached hydrogens (tertiary/aromatic N) is 1. The highest BCUT2D eigenvalue weighted by atomic mass is 79.9. The first-order valence-corrected chi connectivity index (χ1v) is 12.9. The minimum atomic E-state index is -4.14. The number of hydrogen-bond acceptors (Lipinski definition) is 9. The zero-order valence-electron chi connectivity index (χ0n) is 18.8. The summed E-state index contributed by atoms with van der Waals surface area (Å²) in [6.07, 6.45) is -0.224. The summed E-state index contributed by atoms with van der Waals surface area (Å²) in [5.74, 6) is -0.466. The smallest absolute Gasteiger partial charge is 0.459 e. The van der Waals surface area contributed by atoms with Crippen LogP contribution >= 0.6 is 23.7 Å². The van der Waals surface area contributed by atoms with E-state index in [1.807, 2.05) is 0 Å². The number of aliphatic hydroxyl groups is 1. The van der Waals surface area contributed by atoms with E-state index in [0.717, 1.165) is 4.57 Å². The number of aliphatic hydroxyl groups excluding tert-OH is 1. The van der Waals surface area contributed by atoms with Crippen LogP contribution in [-0.4, -0.2) is 52.6 Å². The predicted molar refractivity (Wildman–Crippen MR) is 129 cm³/mol. The molecule has 1 aliphatic heterocycles. The number of aromatic nitrogens is 2. The third-order valence-corrected chi connectivity index (χ3v) is 6.94. The van der Waals surface area contributed by atoms with Crippen molar-refractivity contribution in [3.63, 3.8) is 0 Å². The Morgan fingerprint density at radius 2 is 2.11 bits per heavy atom. The minimum Gasteiger partial charge on any atom is -0.468 e. The third kappa shape index (κ3) is 7.00. The molecule has 35 heavy (non-hydrogen) atoms. The minimum absolute atomic E-state index is 0.00722. The lowest BCUT2D eigenvalue weighted by Gasteiger charge is -2.24. The summed E-state index contributed by atoms with van der Waals surface area (Å²) >= 11 is 3.08. The van der Waals surface area contributed by atoms with Crippen LogP contribution in [0.15, 0.2) is 51.1 Å². The van der Waals surface area contributed by atoms with Crippen LogP contribution in [-0.2, 0) is 23.4 Å². The molecule has 2 aromatic rings. The Labute approximate surface area is 208 Å². The van der Waals surface area contributed by atoms with Crippen LogP contribution in [0.5, 0.6) is 5.75 Å². The molecule has 12 nitrogen and oxygen atoms in total. The molecule has 0 spiro atoms. The van der Waals surface area contributed by atoms with Crippen molar-refractivity contribution in [3.05, 3.63) is 67.9 Å². The summed E-state index contributed by atoms with van der Waals surface area (Å²) < 4.78 is 36.0. The van der Waals surface area contributed by atoms with Gasteiger partial charge in [-0.15, -0.1) is 0 Å². The molecule has 3 N–H and O–H groups in total. The number of methoxy groups -OCH3 is 1. The van der Waals surface area contributed by atoms with E-state index in [2.05, 4.69) is 30.7 Å². The first-order chi connectivity index (χ1) is 16.7. The average molecular weight is 574 g/mol. The Morgan fingerprint density at radius 1 is 1.40 bits per heavy atom. The lowest BCUT2D eigenvalue weighted by atomic mass is 10.2. The van der Waals surface area contributed by atoms with Crippen molar-refractivity contribution in [1.29, 1.82) is 0 Å². The average Bonchev–Trinajstić information content (AvgIpc) is 3.19. The molecule has 0 amide bonds. The van der Waals surface area contributed by atoms with Gasteiger partial charge in [0.05, 0.1) is 25.4 Å². The summed E-state index contributed by atoms with van der Waals surface area (Å²) in [5.41, 5.74) is -1.10. The fourth-order valence-electron chi connectivity index (χ4n) is 3.29. The molecule has 2 heterocycles. The monoisotopic (exact) mass is 573 g/mol. The first kappa shape index (κ1) is 27.1. The Morgan fingerprint density at radius 3 is 2.77 bits per heavy atom. The van der Waals surface area contributed by atoms with Crippen LogP contribution in [0.1, 0.15) is 25.1 Å². The Balaban J connectivity index is 1.75. The Hall–Kier alpha value is -2.54. The number of esters is 1. The summed E-state index contributed by atoms with van der Waals surface area (Å²) in [5, 5.41) is 13.0. The number of carbonyl (C=O) groups is 1. The van der Waals surface area contributed by atoms with Gasteiger partial charge >= 0.3 is 19.4 Å². The number of hydrogen-bond donors (Lipinski definition) is 3. The van der Waals surface area contributed by atoms with E-state index in [0.29, 0.717) is 0 Å². The number of rotatable bonds is 10. The van der Waals surface area contributed by atoms with Crippen LogP contribution < -0.4 is 20.9 Å². The molecule has 1 fully saturated rings. The number of nitrogens with one attached hydrogen (secondary N) is 2. The van der Waals surface area contributed by atoms with Crippen molar-refractivity contribution in [1.82, 2.24) is 14.6 Å². The molecule has 1 aromatic carbocycles. The quantitative estimate of drug-likeness (QED) is 0.283. The van der Waals surface area contributed by atoms with Crippen molar-refractivity contribution in [2.75, 3.05) is 13.7 Å². The Bertz CT molecular complexity index is 1220. The highest BCUT2D eigenvalue weighted by molar-refractivity contribution is 9.11. The lowest BCUT2D eigenvalue weighted by Crippen LogP contribution is -2.36. The van der Waals surface area contributed by atoms with Gasteiger partial charge in [0.2, 0.25) is 0 Å². The standard InChI is InChI=1S/C21H25BrN3O9P/c1-13(20(28)31-2)24-35(30,34-15-6-4-3-5-7-15)32-12-17-16(26)10-18(33-17)25-11-14(8-9-22)19(27)23-21(25)29/h3-9,11,13,16-18,26H,10,12H2,1-2H3,(H,24,30)(H,23,27,29)/t13-,16-,17+,18+,35?/m0/s1. The van der Waals surface area contributed by atoms with Gasteiger partial charge in [-0.3, -0.25) is 23.7 Å². The first-order valence-electron chi connectivity index (χ1n) is 10.5. The third-order valence-electron chi connectivity index (χ3n) is 5.04. The van der Waals surface area contributed by atoms with E-state index in [9.17, 15) is 24.1 Å². The molecule has 1 aromatic heterocycles. The van der Waals surface area contributed by atoms with Crippen molar-refractivity contribution in [3.8, 4) is 5.75 Å². The van der Waals surface area contributed by atoms with Crippen molar-refractivity contribution in [2.45, 2.75) is 37.8 Å². The second kappa shape index (κ2) is 11.9. The molecule has 0 saturated carbocycles. The van der Waals surface area contributed by atoms with E-state index in [4.69, 9.17) is 13.8 Å². The molecule has 3 rings (SSSR count). The predicted octanol–water partition coefficient (Wildman–Crippen LogP) is 1.91. The molecule has 14 heteroatoms. The van der Waals surface area contributed by atoms with Gasteiger partial charge in [0, 0.05) is 12.6 Å². The highest BCUT2D eigenvalue weighted by Crippen LogP contribution is 2.45. The molecule has 190 valence electrons. The zero-order valence-corrected chi connectivity index (χ0v) is 21.3. The molecular weight excluding hydrogens is 549 g/mol. The number of aromatic amines is 1. The second-order valence-electron chi connectivity index (χ2n) is 7.55. The maximum absolute atomic E-state index is 13.4. The maximum atomic E-state index is 13.4. The molecule has 1 aliphatic rings. The van der Waals surface area contributed by atoms with E-state index < -0.39 is 56.0 Å². The number of para-hydroxylation sites is 1. The molecule has 0 radical (unpaired) electrons. The normalized spacial score (nSPS) is 22.6. The fraction of sp³-hybridized carbons (Fsp3) is 0.381. The van der Waals surface area contributed by atoms with E-state index in [1.54, 1.807) is 30.3 Å². The van der Waals surface area contributed by atoms with Crippen molar-refractivity contribution >= 4 is 35.7 Å². The highest BCUT2D eigenvalue weighted by Gasteiger charge is 2.39. The number of carbonyl (C=O) groups excluding carboxylic acids is 1. The van der Waals surface area contributed by atoms with Crippen LogP contribution in [0, 0.1) is 0 Å². The van der Waals surface area contributed by atoms with Gasteiger partial charge in [0.25, 0.3) is 5.56 Å². The topological polar surface area (TPSA) is 158 Å². The number of H-pyrrole nitrogens is 1. The summed E-state index contributed by atoms with van der Waals surface area (Å²) in [7, 11) is -2.95.